The number of hydrogen-bond acceptors (Lipinski definition) is 1. The fourth-order valence-corrected chi connectivity index (χ4v) is 8.68. The van der Waals surface area contributed by atoms with Gasteiger partial charge in [-0.25, -0.2) is 0 Å². The van der Waals surface area contributed by atoms with Crippen molar-refractivity contribution in [2.75, 3.05) is 6.61 Å². The van der Waals surface area contributed by atoms with Crippen LogP contribution in [0.4, 0.5) is 0 Å². The molecule has 0 N–H and O–H groups in total. The molecule has 0 spiro atoms. The van der Waals surface area contributed by atoms with E-state index in [9.17, 15) is 0 Å². The second-order valence-electron chi connectivity index (χ2n) is 6.55. The van der Waals surface area contributed by atoms with Crippen molar-refractivity contribution in [2.24, 2.45) is 0 Å². The molecule has 1 aliphatic rings. The van der Waals surface area contributed by atoms with Crippen molar-refractivity contribution in [1.29, 1.82) is 0 Å². The second-order valence-corrected chi connectivity index (χ2v) is 10.1. The summed E-state index contributed by atoms with van der Waals surface area (Å²) in [5.41, 5.74) is 0. The second kappa shape index (κ2) is 7.52. The van der Waals surface area contributed by atoms with E-state index in [2.05, 4.69) is 91.0 Å². The summed E-state index contributed by atoms with van der Waals surface area (Å²) in [7, 11) is -1.85. The third kappa shape index (κ3) is 3.03. The van der Waals surface area contributed by atoms with Crippen LogP contribution in [0, 0.1) is 0 Å². The van der Waals surface area contributed by atoms with Gasteiger partial charge in [0.05, 0.1) is 6.61 Å². The molecule has 25 heavy (non-hydrogen) atoms. The molecule has 0 amide bonds. The molecule has 4 rings (SSSR count). The quantitative estimate of drug-likeness (QED) is 0.631. The van der Waals surface area contributed by atoms with E-state index in [1.165, 1.54) is 28.8 Å². The van der Waals surface area contributed by atoms with Gasteiger partial charge in [0.1, 0.15) is 23.2 Å². The minimum absolute atomic E-state index is 0.258. The van der Waals surface area contributed by atoms with Gasteiger partial charge < -0.3 is 4.74 Å². The van der Waals surface area contributed by atoms with Crippen LogP contribution in [0.1, 0.15) is 19.3 Å². The molecule has 1 saturated heterocycles. The predicted molar refractivity (Wildman–Crippen MR) is 109 cm³/mol. The van der Waals surface area contributed by atoms with Crippen LogP contribution < -0.4 is 15.9 Å². The van der Waals surface area contributed by atoms with Crippen LogP contribution in [-0.4, -0.2) is 12.5 Å². The van der Waals surface area contributed by atoms with E-state index in [4.69, 9.17) is 4.74 Å². The number of hydrogen-bond donors (Lipinski definition) is 0. The first-order valence-corrected chi connectivity index (χ1v) is 11.0. The van der Waals surface area contributed by atoms with Gasteiger partial charge >= 0.3 is 0 Å². The highest BCUT2D eigenvalue weighted by atomic mass is 31.2. The molecule has 3 aromatic carbocycles. The molecule has 0 radical (unpaired) electrons. The molecule has 0 bridgehead atoms. The first-order valence-electron chi connectivity index (χ1n) is 9.09. The molecule has 3 aromatic rings. The van der Waals surface area contributed by atoms with E-state index in [1.807, 2.05) is 0 Å². The fourth-order valence-electron chi connectivity index (χ4n) is 3.96. The summed E-state index contributed by atoms with van der Waals surface area (Å²) in [6.07, 6.45) is 3.56. The van der Waals surface area contributed by atoms with E-state index in [0.29, 0.717) is 0 Å². The Balaban J connectivity index is 2.01. The fraction of sp³-hybridized carbons (Fsp3) is 0.217. The summed E-state index contributed by atoms with van der Waals surface area (Å²) in [4.78, 5) is 0. The van der Waals surface area contributed by atoms with Crippen molar-refractivity contribution in [3.05, 3.63) is 91.0 Å². The maximum Gasteiger partial charge on any atom is 0.181 e. The van der Waals surface area contributed by atoms with Gasteiger partial charge in [-0.15, -0.1) is 0 Å². The molecular weight excluding hydrogens is 323 g/mol. The Bertz CT molecular complexity index is 683. The minimum atomic E-state index is -1.85. The summed E-state index contributed by atoms with van der Waals surface area (Å²) >= 11 is 0. The smallest absolute Gasteiger partial charge is 0.181 e. The van der Waals surface area contributed by atoms with Crippen LogP contribution in [-0.2, 0) is 4.74 Å². The average Bonchev–Trinajstić information content (AvgIpc) is 2.72. The first-order chi connectivity index (χ1) is 12.4. The van der Waals surface area contributed by atoms with Crippen molar-refractivity contribution in [3.63, 3.8) is 0 Å². The lowest BCUT2D eigenvalue weighted by molar-refractivity contribution is 0.0689. The summed E-state index contributed by atoms with van der Waals surface area (Å²) in [6.45, 7) is 0.874. The lowest BCUT2D eigenvalue weighted by Crippen LogP contribution is -2.41. The zero-order chi connectivity index (χ0) is 17.0. The molecular formula is C23H24OP+. The molecule has 1 aliphatic heterocycles. The highest BCUT2D eigenvalue weighted by Gasteiger charge is 2.53. The van der Waals surface area contributed by atoms with Crippen molar-refractivity contribution in [3.8, 4) is 0 Å². The molecule has 126 valence electrons. The van der Waals surface area contributed by atoms with Gasteiger partial charge in [-0.2, -0.15) is 0 Å². The van der Waals surface area contributed by atoms with Gasteiger partial charge in [0, 0.05) is 6.42 Å². The molecule has 1 fully saturated rings. The molecule has 1 atom stereocenters. The summed E-state index contributed by atoms with van der Waals surface area (Å²) in [6, 6.07) is 33.1. The highest BCUT2D eigenvalue weighted by molar-refractivity contribution is 7.96. The van der Waals surface area contributed by atoms with E-state index >= 15 is 0 Å². The van der Waals surface area contributed by atoms with E-state index in [1.54, 1.807) is 0 Å². The van der Waals surface area contributed by atoms with Crippen molar-refractivity contribution in [2.45, 2.75) is 25.1 Å². The van der Waals surface area contributed by atoms with Gasteiger partial charge in [-0.05, 0) is 49.2 Å². The molecule has 1 nitrogen and oxygen atoms in total. The zero-order valence-corrected chi connectivity index (χ0v) is 15.3. The maximum absolute atomic E-state index is 6.46. The average molecular weight is 347 g/mol. The summed E-state index contributed by atoms with van der Waals surface area (Å²) in [5, 5.41) is 4.25. The summed E-state index contributed by atoms with van der Waals surface area (Å²) in [5.74, 6) is 0.258. The van der Waals surface area contributed by atoms with Gasteiger partial charge in [0.2, 0.25) is 0 Å². The van der Waals surface area contributed by atoms with Crippen LogP contribution in [0.3, 0.4) is 0 Å². The van der Waals surface area contributed by atoms with Crippen molar-refractivity contribution in [1.82, 2.24) is 0 Å². The number of ether oxygens (including phenoxy) is 1. The molecule has 0 aromatic heterocycles. The van der Waals surface area contributed by atoms with Crippen LogP contribution in [0.5, 0.6) is 0 Å². The molecule has 2 heteroatoms. The summed E-state index contributed by atoms with van der Waals surface area (Å²) < 4.78 is 6.46. The van der Waals surface area contributed by atoms with Crippen molar-refractivity contribution < 1.29 is 4.74 Å². The largest absolute Gasteiger partial charge is 0.343 e. The third-order valence-corrected chi connectivity index (χ3v) is 9.69. The first kappa shape index (κ1) is 16.5. The highest BCUT2D eigenvalue weighted by Crippen LogP contribution is 2.61. The molecule has 1 heterocycles. The topological polar surface area (TPSA) is 9.23 Å². The number of rotatable bonds is 4. The van der Waals surface area contributed by atoms with Crippen molar-refractivity contribution >= 4 is 23.2 Å². The van der Waals surface area contributed by atoms with Gasteiger partial charge in [-0.3, -0.25) is 0 Å². The SMILES string of the molecule is c1ccc([P+](c2ccccc2)(c2ccccc2)[C@@H]2CCCCO2)cc1. The van der Waals surface area contributed by atoms with Crippen LogP contribution in [0.15, 0.2) is 91.0 Å². The van der Waals surface area contributed by atoms with Gasteiger partial charge in [-0.1, -0.05) is 54.6 Å². The van der Waals surface area contributed by atoms with Gasteiger partial charge in [0.25, 0.3) is 0 Å². The van der Waals surface area contributed by atoms with Gasteiger partial charge in [0.15, 0.2) is 5.85 Å². The Morgan fingerprint density at radius 2 is 1.04 bits per heavy atom. The van der Waals surface area contributed by atoms with Crippen LogP contribution in [0.25, 0.3) is 0 Å². The predicted octanol–water partition coefficient (Wildman–Crippen LogP) is 4.51. The van der Waals surface area contributed by atoms with Crippen LogP contribution in [0.2, 0.25) is 0 Å². The Labute approximate surface area is 151 Å². The van der Waals surface area contributed by atoms with E-state index < -0.39 is 7.26 Å². The zero-order valence-electron chi connectivity index (χ0n) is 14.4. The lowest BCUT2D eigenvalue weighted by Gasteiger charge is -2.36. The monoisotopic (exact) mass is 347 g/mol. The Morgan fingerprint density at radius 1 is 0.600 bits per heavy atom. The molecule has 0 aliphatic carbocycles. The molecule has 0 unspecified atom stereocenters. The lowest BCUT2D eigenvalue weighted by atomic mass is 10.2. The maximum atomic E-state index is 6.46. The van der Waals surface area contributed by atoms with E-state index in [0.717, 1.165) is 13.0 Å². The number of benzene rings is 3. The minimum Gasteiger partial charge on any atom is -0.343 e. The Morgan fingerprint density at radius 3 is 1.40 bits per heavy atom. The Kier molecular flexibility index (Phi) is 4.97. The molecule has 0 saturated carbocycles. The third-order valence-electron chi connectivity index (χ3n) is 5.08. The van der Waals surface area contributed by atoms with Crippen LogP contribution >= 0.6 is 7.26 Å². The van der Waals surface area contributed by atoms with E-state index in [-0.39, 0.29) is 5.85 Å². The standard InChI is InChI=1S/C23H24OP/c1-4-12-20(13-5-1)25(21-14-6-2-7-15-21,22-16-8-3-9-17-22)23-18-10-11-19-24-23/h1-9,12-17,23H,10-11,18-19H2/q+1/t23-/m1/s1. The normalized spacial score (nSPS) is 18.0. The Hall–Kier alpha value is -1.95.